The zero-order valence-corrected chi connectivity index (χ0v) is 17.9. The minimum Gasteiger partial charge on any atom is -0.381 e. The highest BCUT2D eigenvalue weighted by Gasteiger charge is 2.39. The fourth-order valence-corrected chi connectivity index (χ4v) is 5.21. The van der Waals surface area contributed by atoms with Crippen LogP contribution < -0.4 is 0 Å². The molecule has 0 bridgehead atoms. The number of rotatable bonds is 3. The van der Waals surface area contributed by atoms with Crippen molar-refractivity contribution in [3.63, 3.8) is 0 Å². The lowest BCUT2D eigenvalue weighted by Crippen LogP contribution is -2.35. The van der Waals surface area contributed by atoms with E-state index in [1.54, 1.807) is 6.92 Å². The lowest BCUT2D eigenvalue weighted by atomic mass is 9.62. The third-order valence-electron chi connectivity index (χ3n) is 6.12. The van der Waals surface area contributed by atoms with Gasteiger partial charge < -0.3 is 5.11 Å². The van der Waals surface area contributed by atoms with Crippen molar-refractivity contribution in [3.8, 4) is 11.8 Å². The summed E-state index contributed by atoms with van der Waals surface area (Å²) in [6.45, 7) is 10.9. The van der Waals surface area contributed by atoms with Crippen molar-refractivity contribution >= 4 is 10.8 Å². The average Bonchev–Trinajstić information content (AvgIpc) is 2.63. The zero-order chi connectivity index (χ0) is 19.9. The van der Waals surface area contributed by atoms with Crippen molar-refractivity contribution in [2.24, 2.45) is 0 Å². The van der Waals surface area contributed by atoms with Gasteiger partial charge in [0.15, 0.2) is 0 Å². The van der Waals surface area contributed by atoms with Crippen LogP contribution in [0.25, 0.3) is 0 Å². The summed E-state index contributed by atoms with van der Waals surface area (Å²) >= 11 is 0. The molecule has 2 aliphatic carbocycles. The normalized spacial score (nSPS) is 26.4. The zero-order valence-electron chi connectivity index (χ0n) is 17.1. The Morgan fingerprint density at radius 3 is 2.44 bits per heavy atom. The lowest BCUT2D eigenvalue weighted by Gasteiger charge is -2.42. The molecule has 0 heterocycles. The first-order chi connectivity index (χ1) is 12.6. The number of aliphatic hydroxyl groups is 1. The van der Waals surface area contributed by atoms with Crippen LogP contribution in [0.1, 0.15) is 70.6 Å². The van der Waals surface area contributed by atoms with Gasteiger partial charge in [0, 0.05) is 11.3 Å². The van der Waals surface area contributed by atoms with Crippen molar-refractivity contribution in [3.05, 3.63) is 58.0 Å². The fourth-order valence-electron chi connectivity index (χ4n) is 4.14. The third-order valence-corrected chi connectivity index (χ3v) is 7.39. The van der Waals surface area contributed by atoms with Crippen LogP contribution in [0.2, 0.25) is 0 Å². The molecule has 2 nitrogen and oxygen atoms in total. The van der Waals surface area contributed by atoms with Gasteiger partial charge in [-0.15, -0.1) is 5.92 Å². The predicted molar refractivity (Wildman–Crippen MR) is 114 cm³/mol. The average molecular weight is 383 g/mol. The summed E-state index contributed by atoms with van der Waals surface area (Å²) in [5.41, 5.74) is 2.71. The van der Waals surface area contributed by atoms with E-state index >= 15 is 0 Å². The van der Waals surface area contributed by atoms with E-state index in [2.05, 4.69) is 51.7 Å². The molecule has 1 N–H and O–H groups in total. The molecule has 0 amide bonds. The highest BCUT2D eigenvalue weighted by molar-refractivity contribution is 7.89. The van der Waals surface area contributed by atoms with Crippen molar-refractivity contribution < 1.29 is 9.32 Å². The summed E-state index contributed by atoms with van der Waals surface area (Å²) in [6, 6.07) is 6.41. The Bertz CT molecular complexity index is 893. The van der Waals surface area contributed by atoms with Gasteiger partial charge in [-0.25, -0.2) is 0 Å². The van der Waals surface area contributed by atoms with E-state index in [4.69, 9.17) is 0 Å². The third kappa shape index (κ3) is 3.84. The molecule has 0 spiro atoms. The van der Waals surface area contributed by atoms with Gasteiger partial charge in [-0.1, -0.05) is 64.0 Å². The van der Waals surface area contributed by atoms with Gasteiger partial charge >= 0.3 is 0 Å². The fraction of sp³-hybridized carbons (Fsp3) is 0.500. The molecule has 0 aromatic heterocycles. The van der Waals surface area contributed by atoms with Crippen LogP contribution in [-0.2, 0) is 27.2 Å². The Kier molecular flexibility index (Phi) is 5.27. The van der Waals surface area contributed by atoms with Gasteiger partial charge in [0.05, 0.1) is 16.6 Å². The van der Waals surface area contributed by atoms with Gasteiger partial charge in [-0.05, 0) is 53.4 Å². The topological polar surface area (TPSA) is 37.3 Å². The molecule has 144 valence electrons. The highest BCUT2D eigenvalue weighted by atomic mass is 32.2. The molecule has 1 aromatic rings. The molecule has 0 saturated carbocycles. The van der Waals surface area contributed by atoms with Gasteiger partial charge in [0.2, 0.25) is 0 Å². The monoisotopic (exact) mass is 382 g/mol. The minimum absolute atomic E-state index is 0.0911. The molecule has 3 heteroatoms. The molecular weight excluding hydrogens is 352 g/mol. The molecular formula is C24H30O2S. The number of allylic oxidation sites excluding steroid dienone is 2. The highest BCUT2D eigenvalue weighted by Crippen LogP contribution is 2.47. The molecule has 0 aliphatic heterocycles. The largest absolute Gasteiger partial charge is 0.381 e. The van der Waals surface area contributed by atoms with E-state index in [1.165, 1.54) is 17.5 Å². The minimum atomic E-state index is -1.18. The van der Waals surface area contributed by atoms with Gasteiger partial charge in [-0.2, -0.15) is 0 Å². The molecule has 2 aliphatic rings. The summed E-state index contributed by atoms with van der Waals surface area (Å²) < 4.78 is 12.5. The van der Waals surface area contributed by atoms with Crippen LogP contribution in [0.3, 0.4) is 0 Å². The number of benzene rings is 1. The summed E-state index contributed by atoms with van der Waals surface area (Å²) in [5, 5.41) is 11.4. The first-order valence-electron chi connectivity index (χ1n) is 9.63. The Balaban J connectivity index is 1.97. The smallest absolute Gasteiger partial charge is 0.113 e. The Morgan fingerprint density at radius 1 is 1.11 bits per heavy atom. The van der Waals surface area contributed by atoms with Crippen LogP contribution in [0, 0.1) is 11.8 Å². The Morgan fingerprint density at radius 2 is 1.78 bits per heavy atom. The van der Waals surface area contributed by atoms with Crippen LogP contribution in [0.5, 0.6) is 0 Å². The van der Waals surface area contributed by atoms with Crippen molar-refractivity contribution in [2.75, 3.05) is 5.75 Å². The predicted octanol–water partition coefficient (Wildman–Crippen LogP) is 4.84. The molecule has 0 fully saturated rings. The van der Waals surface area contributed by atoms with Crippen molar-refractivity contribution in [1.82, 2.24) is 0 Å². The van der Waals surface area contributed by atoms with Crippen molar-refractivity contribution in [1.29, 1.82) is 0 Å². The summed E-state index contributed by atoms with van der Waals surface area (Å²) in [4.78, 5) is 0.750. The standard InChI is InChI=1S/C24H30O2S/c1-6-7-15-27(26)19-9-8-12-24(25,17-19)18-10-11-20-21(16-18)23(4,5)14-13-22(20,2)3/h8-12,16,25H,13-15,17H2,1-5H3. The molecule has 2 unspecified atom stereocenters. The first-order valence-corrected chi connectivity index (χ1v) is 11.0. The molecule has 2 atom stereocenters. The molecule has 3 rings (SSSR count). The number of fused-ring (bicyclic) bond motifs is 1. The lowest BCUT2D eigenvalue weighted by molar-refractivity contribution is 0.0901. The first kappa shape index (κ1) is 20.1. The summed E-state index contributed by atoms with van der Waals surface area (Å²) in [6.07, 6.45) is 8.15. The number of hydrogen-bond acceptors (Lipinski definition) is 2. The van der Waals surface area contributed by atoms with Crippen LogP contribution in [0.15, 0.2) is 41.3 Å². The van der Waals surface area contributed by atoms with E-state index in [1.807, 2.05) is 24.3 Å². The summed E-state index contributed by atoms with van der Waals surface area (Å²) in [5.74, 6) is 5.98. The maximum absolute atomic E-state index is 12.5. The van der Waals surface area contributed by atoms with Gasteiger partial charge in [0.1, 0.15) is 5.60 Å². The second-order valence-corrected chi connectivity index (χ2v) is 10.5. The molecule has 0 saturated heterocycles. The molecule has 0 radical (unpaired) electrons. The number of hydrogen-bond donors (Lipinski definition) is 1. The molecule has 27 heavy (non-hydrogen) atoms. The van der Waals surface area contributed by atoms with Crippen LogP contribution in [0.4, 0.5) is 0 Å². The Hall–Kier alpha value is -1.63. The van der Waals surface area contributed by atoms with Crippen molar-refractivity contribution in [2.45, 2.75) is 70.3 Å². The second-order valence-electron chi connectivity index (χ2n) is 9.04. The summed E-state index contributed by atoms with van der Waals surface area (Å²) in [7, 11) is -1.18. The second kappa shape index (κ2) is 7.08. The Labute approximate surface area is 166 Å². The maximum atomic E-state index is 12.5. The molecule has 1 aromatic carbocycles. The van der Waals surface area contributed by atoms with Gasteiger partial charge in [-0.3, -0.25) is 4.21 Å². The van der Waals surface area contributed by atoms with E-state index in [0.717, 1.165) is 16.9 Å². The van der Waals surface area contributed by atoms with Gasteiger partial charge in [0.25, 0.3) is 0 Å². The quantitative estimate of drug-likeness (QED) is 0.760. The van der Waals surface area contributed by atoms with E-state index in [9.17, 15) is 9.32 Å². The van der Waals surface area contributed by atoms with Crippen LogP contribution in [-0.4, -0.2) is 15.1 Å². The van der Waals surface area contributed by atoms with E-state index in [0.29, 0.717) is 12.2 Å². The van der Waals surface area contributed by atoms with E-state index < -0.39 is 16.4 Å². The van der Waals surface area contributed by atoms with E-state index in [-0.39, 0.29) is 10.8 Å². The van der Waals surface area contributed by atoms with Crippen LogP contribution >= 0.6 is 0 Å². The maximum Gasteiger partial charge on any atom is 0.113 e. The SMILES string of the molecule is CC#CCS(=O)C1=CC=CC(O)(c2ccc3c(c2)C(C)(C)CCC3(C)C)C1.